The molecule has 0 bridgehead atoms. The Morgan fingerprint density at radius 3 is 2.82 bits per heavy atom. The van der Waals surface area contributed by atoms with Crippen molar-refractivity contribution in [3.63, 3.8) is 0 Å². The molecule has 4 N–H and O–H groups in total. The number of carbonyl (C=O) groups excluding carboxylic acids is 3. The number of hydrogen-bond acceptors (Lipinski definition) is 6. The quantitative estimate of drug-likeness (QED) is 0.537. The Morgan fingerprint density at radius 2 is 2.09 bits per heavy atom. The topological polar surface area (TPSA) is 142 Å². The minimum absolute atomic E-state index is 0.151. The van der Waals surface area contributed by atoms with Crippen LogP contribution in [0.1, 0.15) is 42.0 Å². The van der Waals surface area contributed by atoms with E-state index in [1.165, 1.54) is 17.2 Å². The molecule has 1 saturated carbocycles. The first-order valence-electron chi connectivity index (χ1n) is 11.0. The van der Waals surface area contributed by atoms with Gasteiger partial charge < -0.3 is 16.0 Å². The number of amides is 3. The lowest BCUT2D eigenvalue weighted by atomic mass is 10.1. The fourth-order valence-electron chi connectivity index (χ4n) is 4.17. The van der Waals surface area contributed by atoms with Gasteiger partial charge in [0.1, 0.15) is 17.6 Å². The van der Waals surface area contributed by atoms with Crippen LogP contribution in [0.25, 0.3) is 0 Å². The van der Waals surface area contributed by atoms with Crippen LogP contribution in [-0.4, -0.2) is 58.2 Å². The third-order valence-corrected chi connectivity index (χ3v) is 6.03. The molecule has 0 radical (unpaired) electrons. The average molecular weight is 465 g/mol. The third-order valence-electron chi connectivity index (χ3n) is 6.03. The molecule has 3 amide bonds. The summed E-state index contributed by atoms with van der Waals surface area (Å²) in [5.41, 5.74) is 7.18. The predicted molar refractivity (Wildman–Crippen MR) is 124 cm³/mol. The third kappa shape index (κ3) is 4.85. The van der Waals surface area contributed by atoms with Gasteiger partial charge in [0, 0.05) is 29.4 Å². The van der Waals surface area contributed by atoms with Crippen LogP contribution < -0.4 is 11.1 Å². The fourth-order valence-corrected chi connectivity index (χ4v) is 4.17. The van der Waals surface area contributed by atoms with Gasteiger partial charge in [-0.25, -0.2) is 9.38 Å². The van der Waals surface area contributed by atoms with Crippen molar-refractivity contribution in [3.05, 3.63) is 59.2 Å². The zero-order valence-corrected chi connectivity index (χ0v) is 18.7. The molecule has 2 heterocycles. The SMILES string of the molecule is Cc1cc(C(=N)C(N)=O)c(NCC(=O)N2CCC[C@H]2C(=O)N=C2CC2c2ccccc2F)cn1. The van der Waals surface area contributed by atoms with E-state index in [-0.39, 0.29) is 35.5 Å². The summed E-state index contributed by atoms with van der Waals surface area (Å²) >= 11 is 0. The lowest BCUT2D eigenvalue weighted by Crippen LogP contribution is -2.42. The highest BCUT2D eigenvalue weighted by molar-refractivity contribution is 6.44. The number of aliphatic imine (C=N–C) groups is 1. The van der Waals surface area contributed by atoms with Crippen molar-refractivity contribution < 1.29 is 18.8 Å². The van der Waals surface area contributed by atoms with E-state index in [2.05, 4.69) is 15.3 Å². The normalized spacial score (nSPS) is 20.3. The molecule has 2 fully saturated rings. The van der Waals surface area contributed by atoms with Gasteiger partial charge in [0.15, 0.2) is 0 Å². The molecule has 1 aromatic heterocycles. The standard InChI is InChI=1S/C24H25FN6O3/c1-13-9-16(22(26)23(27)33)19(11-28-13)29-12-21(32)31-8-4-7-20(31)24(34)30-18-10-15(18)14-5-2-3-6-17(14)25/h2-3,5-6,9,11,15,20,26,29H,4,7-8,10,12H2,1H3,(H2,27,33)/t15?,20-/m0/s1. The van der Waals surface area contributed by atoms with Gasteiger partial charge in [-0.1, -0.05) is 18.2 Å². The van der Waals surface area contributed by atoms with E-state index in [4.69, 9.17) is 11.1 Å². The minimum atomic E-state index is -0.891. The largest absolute Gasteiger partial charge is 0.374 e. The van der Waals surface area contributed by atoms with Crippen LogP contribution >= 0.6 is 0 Å². The number of benzene rings is 1. The van der Waals surface area contributed by atoms with Gasteiger partial charge in [-0.05, 0) is 43.9 Å². The molecule has 34 heavy (non-hydrogen) atoms. The summed E-state index contributed by atoms with van der Waals surface area (Å²) in [6, 6.07) is 7.32. The maximum atomic E-state index is 14.0. The number of nitrogens with two attached hydrogens (primary N) is 1. The van der Waals surface area contributed by atoms with E-state index in [1.54, 1.807) is 31.2 Å². The highest BCUT2D eigenvalue weighted by Gasteiger charge is 2.39. The van der Waals surface area contributed by atoms with Gasteiger partial charge in [-0.2, -0.15) is 0 Å². The van der Waals surface area contributed by atoms with Crippen LogP contribution in [0.3, 0.4) is 0 Å². The lowest BCUT2D eigenvalue weighted by Gasteiger charge is -2.23. The Labute approximate surface area is 195 Å². The molecule has 2 atom stereocenters. The number of aromatic nitrogens is 1. The Balaban J connectivity index is 1.41. The van der Waals surface area contributed by atoms with E-state index >= 15 is 0 Å². The van der Waals surface area contributed by atoms with E-state index in [0.29, 0.717) is 48.5 Å². The van der Waals surface area contributed by atoms with Crippen LogP contribution in [0.4, 0.5) is 10.1 Å². The Morgan fingerprint density at radius 1 is 1.32 bits per heavy atom. The van der Waals surface area contributed by atoms with E-state index < -0.39 is 17.9 Å². The fraction of sp³-hybridized carbons (Fsp3) is 0.333. The number of hydrogen-bond donors (Lipinski definition) is 3. The molecule has 1 aliphatic heterocycles. The van der Waals surface area contributed by atoms with Crippen LogP contribution in [0.2, 0.25) is 0 Å². The first-order valence-corrected chi connectivity index (χ1v) is 11.0. The van der Waals surface area contributed by atoms with Crippen molar-refractivity contribution in [3.8, 4) is 0 Å². The van der Waals surface area contributed by atoms with Gasteiger partial charge in [-0.3, -0.25) is 24.8 Å². The van der Waals surface area contributed by atoms with Gasteiger partial charge >= 0.3 is 0 Å². The Bertz CT molecular complexity index is 1210. The van der Waals surface area contributed by atoms with Crippen molar-refractivity contribution in [1.82, 2.24) is 9.88 Å². The Kier molecular flexibility index (Phi) is 6.49. The first-order chi connectivity index (χ1) is 16.3. The molecular formula is C24H25FN6O3. The second-order valence-corrected chi connectivity index (χ2v) is 8.43. The molecule has 9 nitrogen and oxygen atoms in total. The number of aryl methyl sites for hydroxylation is 1. The highest BCUT2D eigenvalue weighted by Crippen LogP contribution is 2.39. The van der Waals surface area contributed by atoms with E-state index in [0.717, 1.165) is 0 Å². The van der Waals surface area contributed by atoms with Crippen LogP contribution in [0, 0.1) is 18.2 Å². The zero-order chi connectivity index (χ0) is 24.4. The van der Waals surface area contributed by atoms with Crippen molar-refractivity contribution in [2.45, 2.75) is 38.1 Å². The number of anilines is 1. The molecule has 0 spiro atoms. The van der Waals surface area contributed by atoms with Crippen LogP contribution in [-0.2, 0) is 14.4 Å². The smallest absolute Gasteiger partial charge is 0.268 e. The molecule has 4 rings (SSSR count). The monoisotopic (exact) mass is 464 g/mol. The zero-order valence-electron chi connectivity index (χ0n) is 18.7. The average Bonchev–Trinajstić information content (AvgIpc) is 3.37. The number of nitrogens with one attached hydrogen (secondary N) is 2. The van der Waals surface area contributed by atoms with Gasteiger partial charge in [0.2, 0.25) is 5.91 Å². The summed E-state index contributed by atoms with van der Waals surface area (Å²) in [5, 5.41) is 10.8. The second kappa shape index (κ2) is 9.50. The number of nitrogens with zero attached hydrogens (tertiary/aromatic N) is 3. The van der Waals surface area contributed by atoms with Crippen LogP contribution in [0.15, 0.2) is 41.5 Å². The molecule has 1 saturated heterocycles. The first kappa shape index (κ1) is 23.2. The molecule has 2 aromatic rings. The van der Waals surface area contributed by atoms with Gasteiger partial charge in [0.25, 0.3) is 11.8 Å². The molecule has 1 unspecified atom stereocenters. The van der Waals surface area contributed by atoms with Crippen molar-refractivity contribution in [2.24, 2.45) is 10.7 Å². The Hall–Kier alpha value is -3.95. The molecule has 176 valence electrons. The number of likely N-dealkylation sites (tertiary alicyclic amines) is 1. The minimum Gasteiger partial charge on any atom is -0.374 e. The summed E-state index contributed by atoms with van der Waals surface area (Å²) in [7, 11) is 0. The molecular weight excluding hydrogens is 439 g/mol. The van der Waals surface area contributed by atoms with E-state index in [9.17, 15) is 18.8 Å². The van der Waals surface area contributed by atoms with Gasteiger partial charge in [0.05, 0.1) is 18.4 Å². The summed E-state index contributed by atoms with van der Waals surface area (Å²) < 4.78 is 14.0. The molecule has 1 aromatic carbocycles. The van der Waals surface area contributed by atoms with Crippen molar-refractivity contribution >= 4 is 34.8 Å². The number of primary amides is 1. The number of carbonyl (C=O) groups is 3. The summed E-state index contributed by atoms with van der Waals surface area (Å²) in [6.07, 6.45) is 3.15. The maximum Gasteiger partial charge on any atom is 0.268 e. The maximum absolute atomic E-state index is 14.0. The number of rotatable bonds is 7. The van der Waals surface area contributed by atoms with Crippen molar-refractivity contribution in [1.29, 1.82) is 5.41 Å². The van der Waals surface area contributed by atoms with Gasteiger partial charge in [-0.15, -0.1) is 0 Å². The summed E-state index contributed by atoms with van der Waals surface area (Å²) in [5.74, 6) is -2.10. The van der Waals surface area contributed by atoms with Crippen molar-refractivity contribution in [2.75, 3.05) is 18.4 Å². The van der Waals surface area contributed by atoms with Crippen LogP contribution in [0.5, 0.6) is 0 Å². The number of halogens is 1. The predicted octanol–water partition coefficient (Wildman–Crippen LogP) is 1.94. The summed E-state index contributed by atoms with van der Waals surface area (Å²) in [6.45, 7) is 1.99. The lowest BCUT2D eigenvalue weighted by molar-refractivity contribution is -0.135. The highest BCUT2D eigenvalue weighted by atomic mass is 19.1. The second-order valence-electron chi connectivity index (χ2n) is 8.43. The molecule has 10 heteroatoms. The molecule has 2 aliphatic rings. The number of pyridine rings is 1. The molecule has 1 aliphatic carbocycles. The van der Waals surface area contributed by atoms with E-state index in [1.807, 2.05) is 0 Å². The summed E-state index contributed by atoms with van der Waals surface area (Å²) in [4.78, 5) is 47.0.